The topological polar surface area (TPSA) is 106 Å². The Morgan fingerprint density at radius 3 is 2.87 bits per heavy atom. The fourth-order valence-electron chi connectivity index (χ4n) is 3.70. The van der Waals surface area contributed by atoms with Crippen LogP contribution in [0.2, 0.25) is 0 Å². The van der Waals surface area contributed by atoms with Crippen LogP contribution in [0.5, 0.6) is 0 Å². The molecule has 158 valence electrons. The summed E-state index contributed by atoms with van der Waals surface area (Å²) in [6.45, 7) is 2.34. The molecule has 1 fully saturated rings. The second kappa shape index (κ2) is 7.69. The molecule has 4 aromatic heterocycles. The monoisotopic (exact) mass is 434 g/mol. The van der Waals surface area contributed by atoms with Gasteiger partial charge in [0.1, 0.15) is 5.82 Å². The Bertz CT molecular complexity index is 1330. The minimum atomic E-state index is -0.144. The number of rotatable bonds is 6. The number of amides is 1. The van der Waals surface area contributed by atoms with Crippen molar-refractivity contribution in [2.24, 2.45) is 7.05 Å². The number of H-pyrrole nitrogens is 1. The van der Waals surface area contributed by atoms with Crippen molar-refractivity contribution in [3.05, 3.63) is 58.0 Å². The van der Waals surface area contributed by atoms with E-state index in [2.05, 4.69) is 25.6 Å². The highest BCUT2D eigenvalue weighted by Gasteiger charge is 2.29. The molecule has 0 aromatic carbocycles. The Morgan fingerprint density at radius 1 is 1.35 bits per heavy atom. The number of aromatic amines is 1. The van der Waals surface area contributed by atoms with Crippen LogP contribution < -0.4 is 5.32 Å². The summed E-state index contributed by atoms with van der Waals surface area (Å²) in [4.78, 5) is 22.5. The van der Waals surface area contributed by atoms with Gasteiger partial charge >= 0.3 is 0 Å². The zero-order chi connectivity index (χ0) is 21.5. The molecule has 4 aromatic rings. The first-order valence-electron chi connectivity index (χ1n) is 10.2. The van der Waals surface area contributed by atoms with E-state index in [1.807, 2.05) is 38.2 Å². The van der Waals surface area contributed by atoms with E-state index in [1.54, 1.807) is 15.4 Å². The molecule has 0 radical (unpaired) electrons. The number of fused-ring (bicyclic) bond motifs is 1. The Kier molecular flexibility index (Phi) is 4.85. The molecule has 1 saturated carbocycles. The number of nitrogens with one attached hydrogen (secondary N) is 2. The highest BCUT2D eigenvalue weighted by molar-refractivity contribution is 7.71. The number of aryl methyl sites for hydroxylation is 1. The molecular formula is C21H22N8OS. The van der Waals surface area contributed by atoms with Gasteiger partial charge in [-0.1, -0.05) is 6.07 Å². The molecule has 4 heterocycles. The van der Waals surface area contributed by atoms with Crippen LogP contribution in [0.1, 0.15) is 46.3 Å². The molecule has 1 aliphatic carbocycles. The van der Waals surface area contributed by atoms with E-state index in [1.165, 1.54) is 0 Å². The normalized spacial score (nSPS) is 13.6. The summed E-state index contributed by atoms with van der Waals surface area (Å²) in [5.41, 5.74) is 2.95. The third-order valence-electron chi connectivity index (χ3n) is 5.55. The van der Waals surface area contributed by atoms with Crippen LogP contribution in [0.15, 0.2) is 30.5 Å². The summed E-state index contributed by atoms with van der Waals surface area (Å²) in [6, 6.07) is 7.57. The van der Waals surface area contributed by atoms with Crippen molar-refractivity contribution in [3.8, 4) is 5.82 Å². The van der Waals surface area contributed by atoms with Gasteiger partial charge in [0.25, 0.3) is 5.91 Å². The third kappa shape index (κ3) is 3.63. The van der Waals surface area contributed by atoms with Gasteiger partial charge < -0.3 is 9.88 Å². The van der Waals surface area contributed by atoms with Crippen molar-refractivity contribution in [2.75, 3.05) is 6.54 Å². The van der Waals surface area contributed by atoms with Gasteiger partial charge in [0.05, 0.1) is 16.6 Å². The molecule has 5 rings (SSSR count). The van der Waals surface area contributed by atoms with Crippen LogP contribution in [-0.2, 0) is 13.5 Å². The van der Waals surface area contributed by atoms with Crippen LogP contribution in [0.25, 0.3) is 16.9 Å². The lowest BCUT2D eigenvalue weighted by atomic mass is 10.1. The maximum atomic E-state index is 13.2. The molecule has 0 saturated heterocycles. The van der Waals surface area contributed by atoms with Crippen molar-refractivity contribution in [1.29, 1.82) is 0 Å². The Balaban J connectivity index is 1.50. The molecule has 1 amide bonds. The standard InChI is InChI=1S/C21H22N8OS/c1-12-18-14(20(30)23-10-8-17-25-26-21(31)28(17)2)11-15(13-6-7-13)24-19(18)29(27-12)16-5-3-4-9-22-16/h3-5,9,11,13H,6-8,10H2,1-2H3,(H,23,30)(H,26,31). The summed E-state index contributed by atoms with van der Waals surface area (Å²) in [6.07, 6.45) is 4.48. The van der Waals surface area contributed by atoms with Crippen molar-refractivity contribution >= 4 is 29.2 Å². The summed E-state index contributed by atoms with van der Waals surface area (Å²) in [5, 5.41) is 15.4. The lowest BCUT2D eigenvalue weighted by Crippen LogP contribution is -2.27. The van der Waals surface area contributed by atoms with Crippen molar-refractivity contribution < 1.29 is 4.79 Å². The van der Waals surface area contributed by atoms with Crippen LogP contribution in [0, 0.1) is 11.7 Å². The van der Waals surface area contributed by atoms with E-state index >= 15 is 0 Å². The van der Waals surface area contributed by atoms with Crippen molar-refractivity contribution in [3.63, 3.8) is 0 Å². The Hall–Kier alpha value is -3.40. The first-order valence-corrected chi connectivity index (χ1v) is 10.6. The molecule has 0 unspecified atom stereocenters. The lowest BCUT2D eigenvalue weighted by Gasteiger charge is -2.09. The van der Waals surface area contributed by atoms with E-state index in [9.17, 15) is 4.79 Å². The van der Waals surface area contributed by atoms with Crippen LogP contribution in [0.3, 0.4) is 0 Å². The fraction of sp³-hybridized carbons (Fsp3) is 0.333. The molecule has 1 aliphatic rings. The zero-order valence-corrected chi connectivity index (χ0v) is 18.1. The molecule has 0 atom stereocenters. The Morgan fingerprint density at radius 2 is 2.19 bits per heavy atom. The Labute approximate surface area is 183 Å². The molecular weight excluding hydrogens is 412 g/mol. The van der Waals surface area contributed by atoms with E-state index < -0.39 is 0 Å². The summed E-state index contributed by atoms with van der Waals surface area (Å²) in [7, 11) is 1.85. The lowest BCUT2D eigenvalue weighted by molar-refractivity contribution is 0.0955. The third-order valence-corrected chi connectivity index (χ3v) is 5.91. The minimum Gasteiger partial charge on any atom is -0.352 e. The average molecular weight is 435 g/mol. The van der Waals surface area contributed by atoms with Crippen molar-refractivity contribution in [1.82, 2.24) is 39.8 Å². The largest absolute Gasteiger partial charge is 0.352 e. The smallest absolute Gasteiger partial charge is 0.252 e. The van der Waals surface area contributed by atoms with Gasteiger partial charge in [0.15, 0.2) is 16.2 Å². The molecule has 10 heteroatoms. The SMILES string of the molecule is Cc1nn(-c2ccccn2)c2nc(C3CC3)cc(C(=O)NCCc3n[nH]c(=S)n3C)c12. The second-order valence-electron chi connectivity index (χ2n) is 7.76. The van der Waals surface area contributed by atoms with Gasteiger partial charge in [-0.15, -0.1) is 0 Å². The second-order valence-corrected chi connectivity index (χ2v) is 8.15. The molecule has 2 N–H and O–H groups in total. The maximum absolute atomic E-state index is 13.2. The molecule has 9 nitrogen and oxygen atoms in total. The van der Waals surface area contributed by atoms with Gasteiger partial charge in [-0.25, -0.2) is 9.97 Å². The molecule has 0 bridgehead atoms. The number of pyridine rings is 2. The number of carbonyl (C=O) groups excluding carboxylic acids is 1. The van der Waals surface area contributed by atoms with Gasteiger partial charge in [0.2, 0.25) is 0 Å². The van der Waals surface area contributed by atoms with E-state index in [0.29, 0.717) is 40.7 Å². The number of aromatic nitrogens is 7. The van der Waals surface area contributed by atoms with Gasteiger partial charge in [-0.05, 0) is 50.2 Å². The van der Waals surface area contributed by atoms with E-state index in [0.717, 1.165) is 35.4 Å². The quantitative estimate of drug-likeness (QED) is 0.452. The minimum absolute atomic E-state index is 0.144. The van der Waals surface area contributed by atoms with Gasteiger partial charge in [-0.2, -0.15) is 14.9 Å². The van der Waals surface area contributed by atoms with E-state index in [4.69, 9.17) is 17.2 Å². The summed E-state index contributed by atoms with van der Waals surface area (Å²) < 4.78 is 4.09. The van der Waals surface area contributed by atoms with Crippen LogP contribution in [-0.4, -0.2) is 47.0 Å². The van der Waals surface area contributed by atoms with Crippen LogP contribution >= 0.6 is 12.2 Å². The first kappa shape index (κ1) is 19.6. The van der Waals surface area contributed by atoms with Crippen molar-refractivity contribution in [2.45, 2.75) is 32.1 Å². The zero-order valence-electron chi connectivity index (χ0n) is 17.3. The number of hydrogen-bond acceptors (Lipinski definition) is 6. The highest BCUT2D eigenvalue weighted by atomic mass is 32.1. The maximum Gasteiger partial charge on any atom is 0.252 e. The molecule has 0 spiro atoms. The molecule has 31 heavy (non-hydrogen) atoms. The predicted molar refractivity (Wildman–Crippen MR) is 118 cm³/mol. The number of carbonyl (C=O) groups is 1. The first-order chi connectivity index (χ1) is 15.0. The van der Waals surface area contributed by atoms with Gasteiger partial charge in [-0.3, -0.25) is 9.89 Å². The highest BCUT2D eigenvalue weighted by Crippen LogP contribution is 2.40. The van der Waals surface area contributed by atoms with Crippen LogP contribution in [0.4, 0.5) is 0 Å². The van der Waals surface area contributed by atoms with Gasteiger partial charge in [0, 0.05) is 37.8 Å². The predicted octanol–water partition coefficient (Wildman–Crippen LogP) is 2.76. The van der Waals surface area contributed by atoms with E-state index in [-0.39, 0.29) is 5.91 Å². The average Bonchev–Trinajstić information content (AvgIpc) is 3.52. The fourth-order valence-corrected chi connectivity index (χ4v) is 3.85. The summed E-state index contributed by atoms with van der Waals surface area (Å²) >= 11 is 5.14. The number of nitrogens with zero attached hydrogens (tertiary/aromatic N) is 6. The number of hydrogen-bond donors (Lipinski definition) is 2. The summed E-state index contributed by atoms with van der Waals surface area (Å²) in [5.74, 6) is 1.73. The molecule has 0 aliphatic heterocycles.